The molecule has 2 rings (SSSR count). The lowest BCUT2D eigenvalue weighted by Crippen LogP contribution is -2.50. The summed E-state index contributed by atoms with van der Waals surface area (Å²) in [7, 11) is -3.76. The summed E-state index contributed by atoms with van der Waals surface area (Å²) < 4.78 is 25.8. The van der Waals surface area contributed by atoms with Crippen molar-refractivity contribution >= 4 is 44.8 Å². The fourth-order valence-corrected chi connectivity index (χ4v) is 4.50. The first-order valence-corrected chi connectivity index (χ1v) is 11.5. The Hall–Kier alpha value is -1.76. The highest BCUT2D eigenvalue weighted by atomic mass is 35.5. The van der Waals surface area contributed by atoms with Crippen LogP contribution in [0.2, 0.25) is 10.0 Å². The van der Waals surface area contributed by atoms with E-state index in [1.54, 1.807) is 6.07 Å². The third kappa shape index (κ3) is 6.12. The van der Waals surface area contributed by atoms with E-state index in [4.69, 9.17) is 23.2 Å². The van der Waals surface area contributed by atoms with Crippen LogP contribution in [0.15, 0.2) is 48.5 Å². The molecule has 0 aliphatic rings. The zero-order valence-electron chi connectivity index (χ0n) is 16.0. The van der Waals surface area contributed by atoms with Crippen molar-refractivity contribution in [3.8, 4) is 0 Å². The molecule has 0 spiro atoms. The predicted octanol–water partition coefficient (Wildman–Crippen LogP) is 4.29. The number of benzene rings is 2. The van der Waals surface area contributed by atoms with Crippen molar-refractivity contribution in [3.05, 3.63) is 64.1 Å². The summed E-state index contributed by atoms with van der Waals surface area (Å²) in [5.41, 5.74) is 1.36. The average molecular weight is 443 g/mol. The zero-order valence-corrected chi connectivity index (χ0v) is 18.4. The lowest BCUT2D eigenvalue weighted by Gasteiger charge is -2.30. The Morgan fingerprint density at radius 3 is 2.36 bits per heavy atom. The third-order valence-electron chi connectivity index (χ3n) is 4.33. The predicted molar refractivity (Wildman–Crippen MR) is 116 cm³/mol. The number of hydrogen-bond donors (Lipinski definition) is 1. The fourth-order valence-electron chi connectivity index (χ4n) is 2.90. The van der Waals surface area contributed by atoms with Gasteiger partial charge >= 0.3 is 0 Å². The Morgan fingerprint density at radius 1 is 1.11 bits per heavy atom. The van der Waals surface area contributed by atoms with Crippen LogP contribution in [0.1, 0.15) is 25.8 Å². The third-order valence-corrected chi connectivity index (χ3v) is 6.11. The van der Waals surface area contributed by atoms with Crippen molar-refractivity contribution < 1.29 is 13.2 Å². The maximum absolute atomic E-state index is 12.7. The first-order chi connectivity index (χ1) is 13.1. The minimum absolute atomic E-state index is 0.119. The monoisotopic (exact) mass is 442 g/mol. The summed E-state index contributed by atoms with van der Waals surface area (Å²) in [5, 5.41) is 3.42. The molecule has 0 fully saturated rings. The first-order valence-electron chi connectivity index (χ1n) is 8.88. The molecule has 0 saturated heterocycles. The van der Waals surface area contributed by atoms with Crippen molar-refractivity contribution in [2.75, 3.05) is 10.6 Å². The van der Waals surface area contributed by atoms with Gasteiger partial charge in [0, 0.05) is 11.1 Å². The maximum Gasteiger partial charge on any atom is 0.243 e. The molecule has 0 aromatic heterocycles. The van der Waals surface area contributed by atoms with E-state index in [0.29, 0.717) is 5.02 Å². The fraction of sp³-hybridized carbons (Fsp3) is 0.350. The molecule has 0 heterocycles. The van der Waals surface area contributed by atoms with Crippen LogP contribution in [0.5, 0.6) is 0 Å². The number of nitrogens with zero attached hydrogens (tertiary/aromatic N) is 1. The van der Waals surface area contributed by atoms with Crippen molar-refractivity contribution in [1.82, 2.24) is 5.32 Å². The van der Waals surface area contributed by atoms with Crippen molar-refractivity contribution in [3.63, 3.8) is 0 Å². The molecule has 1 N–H and O–H groups in total. The number of rotatable bonds is 8. The van der Waals surface area contributed by atoms with Crippen LogP contribution >= 0.6 is 23.2 Å². The Balaban J connectivity index is 2.12. The van der Waals surface area contributed by atoms with Crippen molar-refractivity contribution in [2.45, 2.75) is 38.8 Å². The molecule has 0 unspecified atom stereocenters. The first kappa shape index (κ1) is 22.5. The maximum atomic E-state index is 12.7. The molecule has 152 valence electrons. The van der Waals surface area contributed by atoms with Gasteiger partial charge < -0.3 is 5.32 Å². The molecular formula is C20H24Cl2N2O3S. The molecule has 2 atom stereocenters. The summed E-state index contributed by atoms with van der Waals surface area (Å²) in [6.45, 7) is 3.42. The van der Waals surface area contributed by atoms with Crippen LogP contribution in [0.3, 0.4) is 0 Å². The van der Waals surface area contributed by atoms with Gasteiger partial charge in [-0.1, -0.05) is 53.5 Å². The quantitative estimate of drug-likeness (QED) is 0.662. The Labute approximate surface area is 176 Å². The molecule has 8 heteroatoms. The van der Waals surface area contributed by atoms with Gasteiger partial charge in [0.25, 0.3) is 0 Å². The van der Waals surface area contributed by atoms with Crippen LogP contribution in [-0.2, 0) is 21.2 Å². The van der Waals surface area contributed by atoms with Crippen LogP contribution in [0.4, 0.5) is 5.69 Å². The molecule has 5 nitrogen and oxygen atoms in total. The highest BCUT2D eigenvalue weighted by molar-refractivity contribution is 7.92. The minimum atomic E-state index is -3.76. The molecule has 0 radical (unpaired) electrons. The SMILES string of the molecule is C[C@H](C(=O)N[C@@H](C)CCc1ccccc1)N(c1cc(Cl)ccc1Cl)S(C)(=O)=O. The van der Waals surface area contributed by atoms with Gasteiger partial charge in [-0.25, -0.2) is 8.42 Å². The van der Waals surface area contributed by atoms with E-state index < -0.39 is 22.0 Å². The van der Waals surface area contributed by atoms with E-state index in [2.05, 4.69) is 5.32 Å². The van der Waals surface area contributed by atoms with Crippen LogP contribution in [0.25, 0.3) is 0 Å². The van der Waals surface area contributed by atoms with E-state index >= 15 is 0 Å². The molecule has 0 aliphatic heterocycles. The highest BCUT2D eigenvalue weighted by Crippen LogP contribution is 2.32. The van der Waals surface area contributed by atoms with Gasteiger partial charge in [0.15, 0.2) is 0 Å². The number of anilines is 1. The normalized spacial score (nSPS) is 13.6. The standard InChI is InChI=1S/C20H24Cl2N2O3S/c1-14(9-10-16-7-5-4-6-8-16)23-20(25)15(2)24(28(3,26)27)19-13-17(21)11-12-18(19)22/h4-8,11-15H,9-10H2,1-3H3,(H,23,25)/t14-,15+/m0/s1. The molecule has 2 aromatic carbocycles. The largest absolute Gasteiger partial charge is 0.352 e. The minimum Gasteiger partial charge on any atom is -0.352 e. The molecular weight excluding hydrogens is 419 g/mol. The number of hydrogen-bond acceptors (Lipinski definition) is 3. The topological polar surface area (TPSA) is 66.5 Å². The number of carbonyl (C=O) groups is 1. The smallest absolute Gasteiger partial charge is 0.243 e. The Kier molecular flexibility index (Phi) is 7.75. The molecule has 0 saturated carbocycles. The molecule has 0 bridgehead atoms. The summed E-state index contributed by atoms with van der Waals surface area (Å²) in [6, 6.07) is 13.4. The van der Waals surface area contributed by atoms with E-state index in [0.717, 1.165) is 23.4 Å². The van der Waals surface area contributed by atoms with Gasteiger partial charge in [-0.15, -0.1) is 0 Å². The molecule has 1 amide bonds. The number of amides is 1. The van der Waals surface area contributed by atoms with Gasteiger partial charge in [-0.05, 0) is 50.5 Å². The van der Waals surface area contributed by atoms with Crippen LogP contribution in [0, 0.1) is 0 Å². The van der Waals surface area contributed by atoms with Gasteiger partial charge in [-0.2, -0.15) is 0 Å². The second-order valence-electron chi connectivity index (χ2n) is 6.76. The van der Waals surface area contributed by atoms with Crippen LogP contribution in [-0.4, -0.2) is 32.7 Å². The number of sulfonamides is 1. The molecule has 0 aliphatic carbocycles. The van der Waals surface area contributed by atoms with Crippen molar-refractivity contribution in [1.29, 1.82) is 0 Å². The number of nitrogens with one attached hydrogen (secondary N) is 1. The summed E-state index contributed by atoms with van der Waals surface area (Å²) in [4.78, 5) is 12.7. The summed E-state index contributed by atoms with van der Waals surface area (Å²) in [5.74, 6) is -0.401. The number of carbonyl (C=O) groups excluding carboxylic acids is 1. The van der Waals surface area contributed by atoms with Gasteiger partial charge in [-0.3, -0.25) is 9.10 Å². The van der Waals surface area contributed by atoms with E-state index in [1.165, 1.54) is 24.6 Å². The zero-order chi connectivity index (χ0) is 20.9. The van der Waals surface area contributed by atoms with Gasteiger partial charge in [0.05, 0.1) is 17.0 Å². The lowest BCUT2D eigenvalue weighted by molar-refractivity contribution is -0.122. The lowest BCUT2D eigenvalue weighted by atomic mass is 10.1. The Bertz CT molecular complexity index is 920. The van der Waals surface area contributed by atoms with E-state index in [-0.39, 0.29) is 16.8 Å². The Morgan fingerprint density at radius 2 is 1.75 bits per heavy atom. The second-order valence-corrected chi connectivity index (χ2v) is 9.47. The number of aryl methyl sites for hydroxylation is 1. The average Bonchev–Trinajstić information content (AvgIpc) is 2.62. The van der Waals surface area contributed by atoms with E-state index in [9.17, 15) is 13.2 Å². The second kappa shape index (κ2) is 9.63. The number of halogens is 2. The highest BCUT2D eigenvalue weighted by Gasteiger charge is 2.31. The van der Waals surface area contributed by atoms with Crippen LogP contribution < -0.4 is 9.62 Å². The van der Waals surface area contributed by atoms with Gasteiger partial charge in [0.2, 0.25) is 15.9 Å². The molecule has 28 heavy (non-hydrogen) atoms. The van der Waals surface area contributed by atoms with E-state index in [1.807, 2.05) is 37.3 Å². The summed E-state index contributed by atoms with van der Waals surface area (Å²) in [6.07, 6.45) is 2.58. The molecule has 2 aromatic rings. The summed E-state index contributed by atoms with van der Waals surface area (Å²) >= 11 is 12.2. The van der Waals surface area contributed by atoms with Crippen molar-refractivity contribution in [2.24, 2.45) is 0 Å². The van der Waals surface area contributed by atoms with Gasteiger partial charge in [0.1, 0.15) is 6.04 Å².